The molecule has 0 heterocycles. The molecule has 0 rings (SSSR count). The van der Waals surface area contributed by atoms with Gasteiger partial charge in [-0.05, 0) is 6.42 Å². The molecule has 0 aliphatic heterocycles. The first-order chi connectivity index (χ1) is 4.31. The first-order valence-electron chi connectivity index (χ1n) is 2.84. The number of carbonyl (C=O) groups excluding carboxylic acids is 1. The second-order valence-corrected chi connectivity index (χ2v) is 2.68. The number of carbonyl (C=O) groups is 1. The number of hydrogen-bond acceptors (Lipinski definition) is 2. The summed E-state index contributed by atoms with van der Waals surface area (Å²) in [5.74, 6) is -0.0696. The molecule has 0 unspecified atom stereocenters. The van der Waals surface area contributed by atoms with E-state index in [9.17, 15) is 4.79 Å². The van der Waals surface area contributed by atoms with E-state index >= 15 is 0 Å². The summed E-state index contributed by atoms with van der Waals surface area (Å²) in [7, 11) is 0. The van der Waals surface area contributed by atoms with Crippen molar-refractivity contribution in [3.05, 3.63) is 0 Å². The topological polar surface area (TPSA) is 55.1 Å². The number of nitrogens with two attached hydrogens (primary N) is 1. The van der Waals surface area contributed by atoms with E-state index in [0.717, 1.165) is 17.4 Å². The van der Waals surface area contributed by atoms with E-state index in [1.54, 1.807) is 0 Å². The summed E-state index contributed by atoms with van der Waals surface area (Å²) < 4.78 is 1.07. The van der Waals surface area contributed by atoms with Gasteiger partial charge in [-0.2, -0.15) is 0 Å². The highest BCUT2D eigenvalue weighted by atomic mass is 127. The van der Waals surface area contributed by atoms with Gasteiger partial charge in [0.25, 0.3) is 0 Å². The third kappa shape index (κ3) is 6.04. The van der Waals surface area contributed by atoms with Crippen molar-refractivity contribution < 1.29 is 4.79 Å². The predicted octanol–water partition coefficient (Wildman–Crippen LogP) is -0.114. The summed E-state index contributed by atoms with van der Waals surface area (Å²) in [4.78, 5) is 10.4. The summed E-state index contributed by atoms with van der Waals surface area (Å²) in [6.45, 7) is 0.847. The van der Waals surface area contributed by atoms with Gasteiger partial charge < -0.3 is 11.1 Å². The van der Waals surface area contributed by atoms with Gasteiger partial charge in [0.1, 0.15) is 0 Å². The molecule has 0 aliphatic carbocycles. The summed E-state index contributed by atoms with van der Waals surface area (Å²) in [5.41, 5.74) is 5.04. The van der Waals surface area contributed by atoms with Crippen LogP contribution in [0.5, 0.6) is 0 Å². The highest BCUT2D eigenvalue weighted by Gasteiger charge is 1.92. The van der Waals surface area contributed by atoms with Crippen molar-refractivity contribution in [1.82, 2.24) is 5.32 Å². The van der Waals surface area contributed by atoms with E-state index in [4.69, 9.17) is 5.73 Å². The Morgan fingerprint density at radius 3 is 2.78 bits per heavy atom. The summed E-state index contributed by atoms with van der Waals surface area (Å²) in [6.07, 6.45) is 1.02. The van der Waals surface area contributed by atoms with Crippen LogP contribution < -0.4 is 11.1 Å². The molecule has 54 valence electrons. The van der Waals surface area contributed by atoms with E-state index in [1.807, 2.05) is 0 Å². The van der Waals surface area contributed by atoms with Gasteiger partial charge in [-0.3, -0.25) is 4.79 Å². The quantitative estimate of drug-likeness (QED) is 0.410. The summed E-state index contributed by atoms with van der Waals surface area (Å²) in [5, 5.41) is 2.66. The van der Waals surface area contributed by atoms with Crippen molar-refractivity contribution in [1.29, 1.82) is 0 Å². The van der Waals surface area contributed by atoms with E-state index in [2.05, 4.69) is 27.9 Å². The average molecular weight is 242 g/mol. The second-order valence-electron chi connectivity index (χ2n) is 1.60. The molecule has 4 heteroatoms. The molecule has 3 nitrogen and oxygen atoms in total. The minimum absolute atomic E-state index is 0.0696. The Kier molecular flexibility index (Phi) is 6.39. The Bertz CT molecular complexity index is 87.0. The Morgan fingerprint density at radius 2 is 2.33 bits per heavy atom. The largest absolute Gasteiger partial charge is 0.355 e. The van der Waals surface area contributed by atoms with Crippen LogP contribution in [0.15, 0.2) is 0 Å². The first kappa shape index (κ1) is 9.16. The molecule has 0 bridgehead atoms. The lowest BCUT2D eigenvalue weighted by Gasteiger charge is -1.98. The van der Waals surface area contributed by atoms with Crippen LogP contribution in [0.2, 0.25) is 0 Å². The van der Waals surface area contributed by atoms with Crippen molar-refractivity contribution >= 4 is 28.5 Å². The monoisotopic (exact) mass is 242 g/mol. The van der Waals surface area contributed by atoms with Crippen LogP contribution in [-0.4, -0.2) is 23.4 Å². The molecule has 0 aromatic heterocycles. The highest BCUT2D eigenvalue weighted by Crippen LogP contribution is 1.84. The molecular weight excluding hydrogens is 231 g/mol. The maximum absolute atomic E-state index is 10.4. The third-order valence-electron chi connectivity index (χ3n) is 0.818. The van der Waals surface area contributed by atoms with Gasteiger partial charge in [0.15, 0.2) is 0 Å². The molecule has 9 heavy (non-hydrogen) atoms. The number of amides is 1. The normalized spacial score (nSPS) is 9.11. The summed E-state index contributed by atoms with van der Waals surface area (Å²) in [6, 6.07) is 0. The molecule has 0 radical (unpaired) electrons. The average Bonchev–Trinajstić information content (AvgIpc) is 1.89. The molecule has 0 aromatic carbocycles. The SMILES string of the molecule is NCC(=O)NCCCI. The van der Waals surface area contributed by atoms with Crippen LogP contribution in [0.25, 0.3) is 0 Å². The highest BCUT2D eigenvalue weighted by molar-refractivity contribution is 14.1. The fourth-order valence-electron chi connectivity index (χ4n) is 0.367. The molecule has 0 saturated carbocycles. The molecule has 0 atom stereocenters. The summed E-state index contributed by atoms with van der Waals surface area (Å²) >= 11 is 2.26. The van der Waals surface area contributed by atoms with Gasteiger partial charge >= 0.3 is 0 Å². The van der Waals surface area contributed by atoms with Gasteiger partial charge in [0.2, 0.25) is 5.91 Å². The van der Waals surface area contributed by atoms with Crippen molar-refractivity contribution in [2.75, 3.05) is 17.5 Å². The van der Waals surface area contributed by atoms with E-state index in [0.29, 0.717) is 0 Å². The first-order valence-corrected chi connectivity index (χ1v) is 4.36. The van der Waals surface area contributed by atoms with Gasteiger partial charge in [-0.1, -0.05) is 22.6 Å². The van der Waals surface area contributed by atoms with Gasteiger partial charge in [0, 0.05) is 11.0 Å². The molecule has 0 fully saturated rings. The lowest BCUT2D eigenvalue weighted by Crippen LogP contribution is -2.30. The van der Waals surface area contributed by atoms with E-state index in [1.165, 1.54) is 0 Å². The molecular formula is C5H11IN2O. The smallest absolute Gasteiger partial charge is 0.233 e. The van der Waals surface area contributed by atoms with Crippen molar-refractivity contribution in [3.8, 4) is 0 Å². The molecule has 0 spiro atoms. The van der Waals surface area contributed by atoms with Crippen LogP contribution in [0.4, 0.5) is 0 Å². The number of rotatable bonds is 4. The van der Waals surface area contributed by atoms with Crippen molar-refractivity contribution in [3.63, 3.8) is 0 Å². The number of nitrogens with one attached hydrogen (secondary N) is 1. The second kappa shape index (κ2) is 6.28. The van der Waals surface area contributed by atoms with Crippen LogP contribution in [0, 0.1) is 0 Å². The van der Waals surface area contributed by atoms with Crippen LogP contribution in [-0.2, 0) is 4.79 Å². The zero-order valence-electron chi connectivity index (χ0n) is 5.19. The number of hydrogen-bond donors (Lipinski definition) is 2. The standard InChI is InChI=1S/C5H11IN2O/c6-2-1-3-8-5(9)4-7/h1-4,7H2,(H,8,9). The van der Waals surface area contributed by atoms with Crippen molar-refractivity contribution in [2.24, 2.45) is 5.73 Å². The number of halogens is 1. The lowest BCUT2D eigenvalue weighted by atomic mass is 10.4. The number of alkyl halides is 1. The molecule has 3 N–H and O–H groups in total. The Labute approximate surface area is 68.5 Å². The predicted molar refractivity (Wildman–Crippen MR) is 45.6 cm³/mol. The zero-order chi connectivity index (χ0) is 7.11. The van der Waals surface area contributed by atoms with Gasteiger partial charge in [0.05, 0.1) is 6.54 Å². The maximum atomic E-state index is 10.4. The van der Waals surface area contributed by atoms with E-state index < -0.39 is 0 Å². The molecule has 0 aromatic rings. The van der Waals surface area contributed by atoms with E-state index in [-0.39, 0.29) is 12.5 Å². The Morgan fingerprint density at radius 1 is 1.67 bits per heavy atom. The maximum Gasteiger partial charge on any atom is 0.233 e. The molecule has 0 saturated heterocycles. The van der Waals surface area contributed by atoms with Crippen molar-refractivity contribution in [2.45, 2.75) is 6.42 Å². The van der Waals surface area contributed by atoms with Gasteiger partial charge in [-0.25, -0.2) is 0 Å². The third-order valence-corrected chi connectivity index (χ3v) is 1.58. The Hall–Kier alpha value is 0.160. The van der Waals surface area contributed by atoms with Crippen LogP contribution in [0.1, 0.15) is 6.42 Å². The lowest BCUT2D eigenvalue weighted by molar-refractivity contribution is -0.119. The minimum atomic E-state index is -0.0696. The van der Waals surface area contributed by atoms with Crippen LogP contribution in [0.3, 0.4) is 0 Å². The van der Waals surface area contributed by atoms with Crippen LogP contribution >= 0.6 is 22.6 Å². The zero-order valence-corrected chi connectivity index (χ0v) is 7.35. The minimum Gasteiger partial charge on any atom is -0.355 e. The molecule has 0 aliphatic rings. The van der Waals surface area contributed by atoms with Gasteiger partial charge in [-0.15, -0.1) is 0 Å². The molecule has 1 amide bonds. The Balaban J connectivity index is 2.97. The fourth-order valence-corrected chi connectivity index (χ4v) is 0.748. The fraction of sp³-hybridized carbons (Fsp3) is 0.800.